The Balaban J connectivity index is 2.39. The smallest absolute Gasteiger partial charge is 0.338 e. The molecule has 0 aliphatic carbocycles. The van der Waals surface area contributed by atoms with E-state index in [1.165, 1.54) is 12.1 Å². The number of unbranched alkanes of at least 4 members (excludes halogenated alkanes) is 3. The third-order valence-corrected chi connectivity index (χ3v) is 2.50. The molecular formula is C13H19NO3. The molecule has 1 rings (SSSR count). The first-order valence-corrected chi connectivity index (χ1v) is 5.90. The minimum atomic E-state index is -0.420. The van der Waals surface area contributed by atoms with Gasteiger partial charge in [-0.3, -0.25) is 0 Å². The number of esters is 1. The van der Waals surface area contributed by atoms with Crippen LogP contribution in [0.5, 0.6) is 5.75 Å². The lowest BCUT2D eigenvalue weighted by atomic mass is 10.2. The Morgan fingerprint density at radius 2 is 2.12 bits per heavy atom. The van der Waals surface area contributed by atoms with Crippen molar-refractivity contribution in [2.45, 2.75) is 32.6 Å². The maximum Gasteiger partial charge on any atom is 0.338 e. The Bertz CT molecular complexity index is 377. The van der Waals surface area contributed by atoms with Gasteiger partial charge >= 0.3 is 5.97 Å². The Morgan fingerprint density at radius 3 is 2.76 bits per heavy atom. The lowest BCUT2D eigenvalue weighted by Gasteiger charge is -2.05. The van der Waals surface area contributed by atoms with Crippen LogP contribution in [0, 0.1) is 0 Å². The number of ether oxygens (including phenoxy) is 1. The molecule has 0 aliphatic rings. The fraction of sp³-hybridized carbons (Fsp3) is 0.462. The minimum Gasteiger partial charge on any atom is -0.506 e. The molecule has 1 aromatic carbocycles. The molecular weight excluding hydrogens is 218 g/mol. The molecule has 0 aromatic heterocycles. The third-order valence-electron chi connectivity index (χ3n) is 2.50. The van der Waals surface area contributed by atoms with Gasteiger partial charge in [0.15, 0.2) is 0 Å². The van der Waals surface area contributed by atoms with Crippen LogP contribution in [-0.2, 0) is 4.74 Å². The van der Waals surface area contributed by atoms with Gasteiger partial charge in [0.1, 0.15) is 5.75 Å². The van der Waals surface area contributed by atoms with Crippen LogP contribution in [0.1, 0.15) is 43.0 Å². The van der Waals surface area contributed by atoms with Gasteiger partial charge < -0.3 is 15.6 Å². The average molecular weight is 237 g/mol. The van der Waals surface area contributed by atoms with Crippen molar-refractivity contribution in [3.05, 3.63) is 23.8 Å². The number of rotatable bonds is 6. The number of phenolic OH excluding ortho intramolecular Hbond substituents is 1. The molecule has 0 unspecified atom stereocenters. The lowest BCUT2D eigenvalue weighted by molar-refractivity contribution is 0.0497. The van der Waals surface area contributed by atoms with Gasteiger partial charge in [0, 0.05) is 0 Å². The second kappa shape index (κ2) is 6.78. The molecule has 0 atom stereocenters. The Morgan fingerprint density at radius 1 is 1.35 bits per heavy atom. The molecule has 4 heteroatoms. The summed E-state index contributed by atoms with van der Waals surface area (Å²) in [5.41, 5.74) is 6.02. The van der Waals surface area contributed by atoms with Crippen molar-refractivity contribution in [2.75, 3.05) is 12.3 Å². The van der Waals surface area contributed by atoms with Crippen LogP contribution in [-0.4, -0.2) is 17.7 Å². The highest BCUT2D eigenvalue weighted by atomic mass is 16.5. The SMILES string of the molecule is CCCCCCOC(=O)c1ccc(N)c(O)c1. The van der Waals surface area contributed by atoms with E-state index in [4.69, 9.17) is 10.5 Å². The number of hydrogen-bond acceptors (Lipinski definition) is 4. The normalized spacial score (nSPS) is 10.2. The first-order chi connectivity index (χ1) is 8.15. The summed E-state index contributed by atoms with van der Waals surface area (Å²) in [4.78, 5) is 11.6. The van der Waals surface area contributed by atoms with E-state index in [-0.39, 0.29) is 11.4 Å². The van der Waals surface area contributed by atoms with Gasteiger partial charge in [0.2, 0.25) is 0 Å². The summed E-state index contributed by atoms with van der Waals surface area (Å²) in [6.07, 6.45) is 4.25. The zero-order chi connectivity index (χ0) is 12.7. The van der Waals surface area contributed by atoms with Crippen LogP contribution in [0.2, 0.25) is 0 Å². The van der Waals surface area contributed by atoms with Gasteiger partial charge in [0.25, 0.3) is 0 Å². The Labute approximate surface area is 101 Å². The van der Waals surface area contributed by atoms with E-state index in [0.29, 0.717) is 12.2 Å². The van der Waals surface area contributed by atoms with Crippen LogP contribution in [0.3, 0.4) is 0 Å². The number of benzene rings is 1. The monoisotopic (exact) mass is 237 g/mol. The molecule has 94 valence electrons. The summed E-state index contributed by atoms with van der Waals surface area (Å²) >= 11 is 0. The van der Waals surface area contributed by atoms with Gasteiger partial charge in [-0.1, -0.05) is 26.2 Å². The fourth-order valence-electron chi connectivity index (χ4n) is 1.45. The molecule has 0 amide bonds. The molecule has 0 saturated heterocycles. The van der Waals surface area contributed by atoms with E-state index >= 15 is 0 Å². The highest BCUT2D eigenvalue weighted by molar-refractivity contribution is 5.90. The summed E-state index contributed by atoms with van der Waals surface area (Å²) in [5.74, 6) is -0.512. The minimum absolute atomic E-state index is 0.0922. The van der Waals surface area contributed by atoms with E-state index < -0.39 is 5.97 Å². The van der Waals surface area contributed by atoms with Gasteiger partial charge in [-0.25, -0.2) is 4.79 Å². The van der Waals surface area contributed by atoms with Crippen molar-refractivity contribution < 1.29 is 14.6 Å². The number of carbonyl (C=O) groups is 1. The molecule has 0 spiro atoms. The molecule has 1 aromatic rings. The van der Waals surface area contributed by atoms with E-state index in [0.717, 1.165) is 25.7 Å². The van der Waals surface area contributed by atoms with Gasteiger partial charge in [0.05, 0.1) is 17.9 Å². The zero-order valence-electron chi connectivity index (χ0n) is 10.1. The fourth-order valence-corrected chi connectivity index (χ4v) is 1.45. The Hall–Kier alpha value is -1.71. The first kappa shape index (κ1) is 13.4. The van der Waals surface area contributed by atoms with Crippen LogP contribution in [0.4, 0.5) is 5.69 Å². The van der Waals surface area contributed by atoms with Gasteiger partial charge in [-0.2, -0.15) is 0 Å². The number of carbonyl (C=O) groups excluding carboxylic acids is 1. The maximum atomic E-state index is 11.6. The van der Waals surface area contributed by atoms with Gasteiger partial charge in [-0.15, -0.1) is 0 Å². The largest absolute Gasteiger partial charge is 0.506 e. The van der Waals surface area contributed by atoms with Crippen molar-refractivity contribution in [3.63, 3.8) is 0 Å². The first-order valence-electron chi connectivity index (χ1n) is 5.90. The highest BCUT2D eigenvalue weighted by Crippen LogP contribution is 2.21. The topological polar surface area (TPSA) is 72.5 Å². The molecule has 0 saturated carbocycles. The lowest BCUT2D eigenvalue weighted by Crippen LogP contribution is -2.06. The van der Waals surface area contributed by atoms with Gasteiger partial charge in [-0.05, 0) is 24.6 Å². The summed E-state index contributed by atoms with van der Waals surface area (Å²) < 4.78 is 5.08. The van der Waals surface area contributed by atoms with E-state index in [1.54, 1.807) is 6.07 Å². The number of nitrogens with two attached hydrogens (primary N) is 1. The average Bonchev–Trinajstić information content (AvgIpc) is 2.32. The van der Waals surface area contributed by atoms with Crippen molar-refractivity contribution in [1.29, 1.82) is 0 Å². The van der Waals surface area contributed by atoms with Crippen molar-refractivity contribution in [1.82, 2.24) is 0 Å². The van der Waals surface area contributed by atoms with Crippen LogP contribution in [0.25, 0.3) is 0 Å². The second-order valence-corrected chi connectivity index (χ2v) is 3.97. The maximum absolute atomic E-state index is 11.6. The predicted molar refractivity (Wildman–Crippen MR) is 66.9 cm³/mol. The zero-order valence-corrected chi connectivity index (χ0v) is 10.1. The second-order valence-electron chi connectivity index (χ2n) is 3.97. The number of hydrogen-bond donors (Lipinski definition) is 2. The third kappa shape index (κ3) is 4.34. The molecule has 0 heterocycles. The van der Waals surface area contributed by atoms with Crippen LogP contribution >= 0.6 is 0 Å². The molecule has 3 N–H and O–H groups in total. The molecule has 17 heavy (non-hydrogen) atoms. The number of anilines is 1. The number of nitrogen functional groups attached to an aromatic ring is 1. The number of aromatic hydroxyl groups is 1. The van der Waals surface area contributed by atoms with Crippen molar-refractivity contribution in [2.24, 2.45) is 0 Å². The van der Waals surface area contributed by atoms with E-state index in [1.807, 2.05) is 0 Å². The summed E-state index contributed by atoms with van der Waals surface area (Å²) in [6, 6.07) is 4.36. The quantitative estimate of drug-likeness (QED) is 0.345. The van der Waals surface area contributed by atoms with Crippen molar-refractivity contribution in [3.8, 4) is 5.75 Å². The predicted octanol–water partition coefficient (Wildman–Crippen LogP) is 2.71. The summed E-state index contributed by atoms with van der Waals surface area (Å²) in [5, 5.41) is 9.36. The summed E-state index contributed by atoms with van der Waals surface area (Å²) in [6.45, 7) is 2.55. The number of phenols is 1. The molecule has 0 bridgehead atoms. The van der Waals surface area contributed by atoms with E-state index in [9.17, 15) is 9.90 Å². The highest BCUT2D eigenvalue weighted by Gasteiger charge is 2.08. The van der Waals surface area contributed by atoms with E-state index in [2.05, 4.69) is 6.92 Å². The molecule has 0 radical (unpaired) electrons. The van der Waals surface area contributed by atoms with Crippen LogP contribution < -0.4 is 5.73 Å². The summed E-state index contributed by atoms with van der Waals surface area (Å²) in [7, 11) is 0. The Kier molecular flexibility index (Phi) is 5.33. The van der Waals surface area contributed by atoms with Crippen LogP contribution in [0.15, 0.2) is 18.2 Å². The molecule has 0 fully saturated rings. The standard InChI is InChI=1S/C13H19NO3/c1-2-3-4-5-8-17-13(16)10-6-7-11(14)12(15)9-10/h6-7,9,15H,2-5,8,14H2,1H3. The molecule has 4 nitrogen and oxygen atoms in total. The molecule has 0 aliphatic heterocycles. The van der Waals surface area contributed by atoms with Crippen molar-refractivity contribution >= 4 is 11.7 Å².